The van der Waals surface area contributed by atoms with Crippen molar-refractivity contribution in [2.24, 2.45) is 0 Å². The molecule has 2 heterocycles. The van der Waals surface area contributed by atoms with Crippen LogP contribution in [0.25, 0.3) is 0 Å². The summed E-state index contributed by atoms with van der Waals surface area (Å²) in [4.78, 5) is 27.4. The summed E-state index contributed by atoms with van der Waals surface area (Å²) in [5.74, 6) is -0.438. The minimum atomic E-state index is -3.59. The first-order chi connectivity index (χ1) is 15.8. The molecule has 2 aliphatic rings. The minimum absolute atomic E-state index is 0.0481. The number of fused-ring (bicyclic) bond motifs is 1. The van der Waals surface area contributed by atoms with Crippen LogP contribution in [-0.2, 0) is 27.7 Å². The lowest BCUT2D eigenvalue weighted by Crippen LogP contribution is -2.35. The van der Waals surface area contributed by atoms with Crippen molar-refractivity contribution in [3.63, 3.8) is 0 Å². The number of anilines is 1. The summed E-state index contributed by atoms with van der Waals surface area (Å²) < 4.78 is 31.7. The Morgan fingerprint density at radius 1 is 1.30 bits per heavy atom. The maximum absolute atomic E-state index is 12.8. The molecular formula is C22H24N4O5S2. The summed E-state index contributed by atoms with van der Waals surface area (Å²) in [6, 6.07) is 7.98. The standard InChI is InChI=1S/C22H24N4O5S2/c1-3-31-22(28)26-11-10-17-18(12-23)21(32-19(17)13-26)24-20(27)14-4-8-16(9-5-14)33(29,30)25(2)15-6-7-15/h4-5,8-9,15H,3,6-7,10-11,13H2,1-2H3,(H,24,27). The van der Waals surface area contributed by atoms with Gasteiger partial charge in [0.05, 0.1) is 23.6 Å². The van der Waals surface area contributed by atoms with E-state index < -0.39 is 22.0 Å². The maximum atomic E-state index is 12.8. The number of carbonyl (C=O) groups is 2. The highest BCUT2D eigenvalue weighted by Crippen LogP contribution is 2.37. The zero-order valence-electron chi connectivity index (χ0n) is 18.3. The van der Waals surface area contributed by atoms with Crippen LogP contribution in [0.2, 0.25) is 0 Å². The number of carbonyl (C=O) groups excluding carboxylic acids is 2. The van der Waals surface area contributed by atoms with Crippen molar-refractivity contribution in [3.8, 4) is 6.07 Å². The van der Waals surface area contributed by atoms with Gasteiger partial charge in [0.1, 0.15) is 11.1 Å². The minimum Gasteiger partial charge on any atom is -0.450 e. The quantitative estimate of drug-likeness (QED) is 0.667. The molecule has 1 N–H and O–H groups in total. The van der Waals surface area contributed by atoms with Crippen LogP contribution in [-0.4, -0.2) is 55.9 Å². The number of nitriles is 1. The molecule has 2 aromatic rings. The van der Waals surface area contributed by atoms with Crippen molar-refractivity contribution in [1.82, 2.24) is 9.21 Å². The Morgan fingerprint density at radius 2 is 2.00 bits per heavy atom. The Morgan fingerprint density at radius 3 is 2.61 bits per heavy atom. The Hall–Kier alpha value is -2.94. The maximum Gasteiger partial charge on any atom is 0.410 e. The zero-order chi connectivity index (χ0) is 23.8. The first-order valence-corrected chi connectivity index (χ1v) is 12.9. The lowest BCUT2D eigenvalue weighted by atomic mass is 10.0. The van der Waals surface area contributed by atoms with Crippen LogP contribution in [0.15, 0.2) is 29.2 Å². The third-order valence-electron chi connectivity index (χ3n) is 5.78. The summed E-state index contributed by atoms with van der Waals surface area (Å²) >= 11 is 1.26. The number of thiophene rings is 1. The highest BCUT2D eigenvalue weighted by Gasteiger charge is 2.35. The molecule has 174 valence electrons. The molecule has 0 unspecified atom stereocenters. The van der Waals surface area contributed by atoms with Gasteiger partial charge in [-0.2, -0.15) is 9.57 Å². The molecule has 1 fully saturated rings. The second kappa shape index (κ2) is 9.13. The van der Waals surface area contributed by atoms with Crippen LogP contribution in [0.1, 0.15) is 46.1 Å². The number of amides is 2. The number of benzene rings is 1. The lowest BCUT2D eigenvalue weighted by Gasteiger charge is -2.25. The van der Waals surface area contributed by atoms with Crippen molar-refractivity contribution in [3.05, 3.63) is 45.8 Å². The number of sulfonamides is 1. The van der Waals surface area contributed by atoms with Crippen molar-refractivity contribution >= 4 is 38.4 Å². The Bertz CT molecular complexity index is 1230. The van der Waals surface area contributed by atoms with E-state index in [1.807, 2.05) is 0 Å². The zero-order valence-corrected chi connectivity index (χ0v) is 20.0. The molecule has 0 atom stereocenters. The van der Waals surface area contributed by atoms with E-state index in [0.717, 1.165) is 23.3 Å². The molecule has 1 aliphatic heterocycles. The molecule has 33 heavy (non-hydrogen) atoms. The van der Waals surface area contributed by atoms with E-state index in [2.05, 4.69) is 11.4 Å². The van der Waals surface area contributed by atoms with E-state index >= 15 is 0 Å². The van der Waals surface area contributed by atoms with Crippen molar-refractivity contribution in [2.45, 2.75) is 43.7 Å². The molecule has 9 nitrogen and oxygen atoms in total. The van der Waals surface area contributed by atoms with Crippen molar-refractivity contribution in [1.29, 1.82) is 5.26 Å². The second-order valence-corrected chi connectivity index (χ2v) is 11.0. The number of nitrogens with zero attached hydrogens (tertiary/aromatic N) is 3. The van der Waals surface area contributed by atoms with Crippen molar-refractivity contribution in [2.75, 3.05) is 25.5 Å². The summed E-state index contributed by atoms with van der Waals surface area (Å²) in [5, 5.41) is 12.9. The molecule has 1 aliphatic carbocycles. The monoisotopic (exact) mass is 488 g/mol. The number of rotatable bonds is 6. The molecule has 1 aromatic carbocycles. The first-order valence-electron chi connectivity index (χ1n) is 10.6. The molecule has 0 spiro atoms. The highest BCUT2D eigenvalue weighted by molar-refractivity contribution is 7.89. The molecular weight excluding hydrogens is 464 g/mol. The fourth-order valence-electron chi connectivity index (χ4n) is 3.73. The van der Waals surface area contributed by atoms with E-state index in [0.29, 0.717) is 30.1 Å². The number of nitrogens with one attached hydrogen (secondary N) is 1. The lowest BCUT2D eigenvalue weighted by molar-refractivity contribution is 0.102. The van der Waals surface area contributed by atoms with Gasteiger partial charge in [0.15, 0.2) is 0 Å². The van der Waals surface area contributed by atoms with Crippen LogP contribution in [0.4, 0.5) is 9.80 Å². The molecule has 0 radical (unpaired) electrons. The third-order valence-corrected chi connectivity index (χ3v) is 8.83. The third kappa shape index (κ3) is 4.59. The van der Waals surface area contributed by atoms with E-state index in [4.69, 9.17) is 4.74 Å². The van der Waals surface area contributed by atoms with Gasteiger partial charge in [-0.1, -0.05) is 0 Å². The average Bonchev–Trinajstić information content (AvgIpc) is 3.59. The van der Waals surface area contributed by atoms with E-state index in [1.54, 1.807) is 18.9 Å². The second-order valence-electron chi connectivity index (χ2n) is 7.92. The molecule has 0 saturated heterocycles. The molecule has 1 aromatic heterocycles. The van der Waals surface area contributed by atoms with Crippen LogP contribution >= 0.6 is 11.3 Å². The highest BCUT2D eigenvalue weighted by atomic mass is 32.2. The molecule has 0 bridgehead atoms. The summed E-state index contributed by atoms with van der Waals surface area (Å²) in [6.45, 7) is 2.79. The molecule has 1 saturated carbocycles. The van der Waals surface area contributed by atoms with E-state index in [1.165, 1.54) is 39.9 Å². The predicted octanol–water partition coefficient (Wildman–Crippen LogP) is 3.17. The summed E-state index contributed by atoms with van der Waals surface area (Å²) in [7, 11) is -2.02. The Labute approximate surface area is 196 Å². The number of hydrogen-bond acceptors (Lipinski definition) is 7. The largest absolute Gasteiger partial charge is 0.450 e. The molecule has 2 amide bonds. The van der Waals surface area contributed by atoms with E-state index in [-0.39, 0.29) is 23.1 Å². The SMILES string of the molecule is CCOC(=O)N1CCc2c(sc(NC(=O)c3ccc(S(=O)(=O)N(C)C4CC4)cc3)c2C#N)C1. The topological polar surface area (TPSA) is 120 Å². The van der Waals surface area contributed by atoms with Crippen LogP contribution < -0.4 is 5.32 Å². The first kappa shape index (κ1) is 23.2. The van der Waals surface area contributed by atoms with Gasteiger partial charge in [0.25, 0.3) is 5.91 Å². The van der Waals surface area contributed by atoms with Gasteiger partial charge < -0.3 is 15.0 Å². The number of ether oxygens (including phenoxy) is 1. The smallest absolute Gasteiger partial charge is 0.410 e. The van der Waals surface area contributed by atoms with E-state index in [9.17, 15) is 23.3 Å². The Kier molecular flexibility index (Phi) is 6.43. The van der Waals surface area contributed by atoms with Gasteiger partial charge >= 0.3 is 6.09 Å². The summed E-state index contributed by atoms with van der Waals surface area (Å²) in [6.07, 6.45) is 1.83. The van der Waals surface area contributed by atoms with Gasteiger partial charge in [-0.3, -0.25) is 4.79 Å². The number of hydrogen-bond donors (Lipinski definition) is 1. The average molecular weight is 489 g/mol. The molecule has 11 heteroatoms. The van der Waals surface area contributed by atoms with Crippen molar-refractivity contribution < 1.29 is 22.7 Å². The summed E-state index contributed by atoms with van der Waals surface area (Å²) in [5.41, 5.74) is 1.52. The van der Waals surface area contributed by atoms with Crippen LogP contribution in [0.5, 0.6) is 0 Å². The van der Waals surface area contributed by atoms with Gasteiger partial charge in [-0.25, -0.2) is 13.2 Å². The predicted molar refractivity (Wildman–Crippen MR) is 123 cm³/mol. The van der Waals surface area contributed by atoms with Crippen LogP contribution in [0, 0.1) is 11.3 Å². The van der Waals surface area contributed by atoms with Crippen LogP contribution in [0.3, 0.4) is 0 Å². The van der Waals surface area contributed by atoms with Gasteiger partial charge in [0, 0.05) is 30.1 Å². The fraction of sp³-hybridized carbons (Fsp3) is 0.409. The fourth-order valence-corrected chi connectivity index (χ4v) is 6.36. The Balaban J connectivity index is 1.50. The van der Waals surface area contributed by atoms with Gasteiger partial charge in [-0.15, -0.1) is 11.3 Å². The van der Waals surface area contributed by atoms with Gasteiger partial charge in [0.2, 0.25) is 10.0 Å². The molecule has 4 rings (SSSR count). The normalized spacial score (nSPS) is 15.6. The van der Waals surface area contributed by atoms with Gasteiger partial charge in [-0.05, 0) is 56.0 Å².